The Bertz CT molecular complexity index is 567. The first-order valence-corrected chi connectivity index (χ1v) is 6.51. The molecule has 5 heteroatoms. The molecule has 1 aromatic carbocycles. The summed E-state index contributed by atoms with van der Waals surface area (Å²) in [6.45, 7) is 4.24. The normalized spacial score (nSPS) is 20.0. The Hall–Kier alpha value is -1.72. The van der Waals surface area contributed by atoms with E-state index in [-0.39, 0.29) is 6.10 Å². The Kier molecular flexibility index (Phi) is 3.31. The minimum atomic E-state index is -0.219. The molecule has 1 aromatic heterocycles. The molecule has 0 radical (unpaired) electrons. The van der Waals surface area contributed by atoms with Crippen molar-refractivity contribution in [3.63, 3.8) is 0 Å². The van der Waals surface area contributed by atoms with Crippen molar-refractivity contribution in [2.24, 2.45) is 0 Å². The van der Waals surface area contributed by atoms with Gasteiger partial charge in [0.2, 0.25) is 0 Å². The van der Waals surface area contributed by atoms with Crippen LogP contribution < -0.4 is 0 Å². The highest BCUT2D eigenvalue weighted by molar-refractivity contribution is 5.53. The molecule has 0 amide bonds. The van der Waals surface area contributed by atoms with Gasteiger partial charge in [0.15, 0.2) is 5.82 Å². The summed E-state index contributed by atoms with van der Waals surface area (Å²) in [5.41, 5.74) is 2.11. The first kappa shape index (κ1) is 12.3. The third-order valence-electron chi connectivity index (χ3n) is 3.35. The summed E-state index contributed by atoms with van der Waals surface area (Å²) in [5, 5.41) is 13.5. The Labute approximate surface area is 111 Å². The van der Waals surface area contributed by atoms with Gasteiger partial charge in [0.05, 0.1) is 12.6 Å². The number of aliphatic hydroxyl groups is 1. The second-order valence-corrected chi connectivity index (χ2v) is 5.06. The summed E-state index contributed by atoms with van der Waals surface area (Å²) in [4.78, 5) is 6.54. The van der Waals surface area contributed by atoms with Gasteiger partial charge in [-0.3, -0.25) is 4.90 Å². The topological polar surface area (TPSA) is 62.4 Å². The van der Waals surface area contributed by atoms with Crippen molar-refractivity contribution in [1.29, 1.82) is 0 Å². The van der Waals surface area contributed by atoms with Crippen LogP contribution in [0.15, 0.2) is 28.8 Å². The van der Waals surface area contributed by atoms with Gasteiger partial charge in [-0.05, 0) is 25.5 Å². The van der Waals surface area contributed by atoms with Crippen LogP contribution in [0.1, 0.15) is 17.8 Å². The molecule has 19 heavy (non-hydrogen) atoms. The molecule has 0 unspecified atom stereocenters. The number of hydrogen-bond donors (Lipinski definition) is 1. The zero-order valence-corrected chi connectivity index (χ0v) is 10.9. The van der Waals surface area contributed by atoms with Gasteiger partial charge >= 0.3 is 0 Å². The van der Waals surface area contributed by atoms with Crippen molar-refractivity contribution in [1.82, 2.24) is 15.0 Å². The molecule has 0 saturated carbocycles. The highest BCUT2D eigenvalue weighted by Gasteiger charge is 2.21. The lowest BCUT2D eigenvalue weighted by atomic mass is 10.1. The predicted molar refractivity (Wildman–Crippen MR) is 70.4 cm³/mol. The largest absolute Gasteiger partial charge is 0.392 e. The lowest BCUT2D eigenvalue weighted by Gasteiger charge is -2.10. The maximum Gasteiger partial charge on any atom is 0.257 e. The zero-order valence-electron chi connectivity index (χ0n) is 10.9. The number of aromatic nitrogens is 2. The van der Waals surface area contributed by atoms with Crippen molar-refractivity contribution in [3.8, 4) is 11.5 Å². The second-order valence-electron chi connectivity index (χ2n) is 5.06. The lowest BCUT2D eigenvalue weighted by Crippen LogP contribution is -2.22. The molecule has 1 aliphatic heterocycles. The molecule has 0 spiro atoms. The van der Waals surface area contributed by atoms with Gasteiger partial charge in [0.1, 0.15) is 0 Å². The first-order valence-electron chi connectivity index (χ1n) is 6.51. The average Bonchev–Trinajstić information content (AvgIpc) is 2.99. The summed E-state index contributed by atoms with van der Waals surface area (Å²) in [7, 11) is 0. The van der Waals surface area contributed by atoms with Gasteiger partial charge in [-0.2, -0.15) is 4.98 Å². The fraction of sp³-hybridized carbons (Fsp3) is 0.429. The highest BCUT2D eigenvalue weighted by atomic mass is 16.5. The number of aryl methyl sites for hydroxylation is 1. The van der Waals surface area contributed by atoms with Gasteiger partial charge in [-0.25, -0.2) is 0 Å². The van der Waals surface area contributed by atoms with Gasteiger partial charge in [0.25, 0.3) is 5.89 Å². The van der Waals surface area contributed by atoms with E-state index >= 15 is 0 Å². The summed E-state index contributed by atoms with van der Waals surface area (Å²) in [6.07, 6.45) is 0.603. The molecule has 2 aromatic rings. The van der Waals surface area contributed by atoms with Crippen LogP contribution in [0.25, 0.3) is 11.5 Å². The first-order chi connectivity index (χ1) is 9.20. The van der Waals surface area contributed by atoms with E-state index in [2.05, 4.69) is 15.0 Å². The third-order valence-corrected chi connectivity index (χ3v) is 3.35. The van der Waals surface area contributed by atoms with E-state index < -0.39 is 0 Å². The molecule has 1 saturated heterocycles. The molecule has 0 aliphatic carbocycles. The summed E-state index contributed by atoms with van der Waals surface area (Å²) in [5.74, 6) is 1.23. The van der Waals surface area contributed by atoms with Crippen molar-refractivity contribution >= 4 is 0 Å². The minimum absolute atomic E-state index is 0.219. The van der Waals surface area contributed by atoms with Crippen LogP contribution in [0.3, 0.4) is 0 Å². The molecule has 100 valence electrons. The van der Waals surface area contributed by atoms with E-state index in [1.165, 1.54) is 5.56 Å². The molecule has 5 nitrogen and oxygen atoms in total. The Balaban J connectivity index is 1.73. The van der Waals surface area contributed by atoms with E-state index in [0.29, 0.717) is 24.8 Å². The van der Waals surface area contributed by atoms with Gasteiger partial charge < -0.3 is 9.63 Å². The Morgan fingerprint density at radius 3 is 3.11 bits per heavy atom. The number of rotatable bonds is 3. The zero-order chi connectivity index (χ0) is 13.2. The van der Waals surface area contributed by atoms with E-state index in [4.69, 9.17) is 4.52 Å². The summed E-state index contributed by atoms with van der Waals surface area (Å²) in [6, 6.07) is 8.00. The summed E-state index contributed by atoms with van der Waals surface area (Å²) < 4.78 is 5.29. The van der Waals surface area contributed by atoms with E-state index in [0.717, 1.165) is 18.5 Å². The van der Waals surface area contributed by atoms with Crippen molar-refractivity contribution < 1.29 is 9.63 Å². The van der Waals surface area contributed by atoms with Gasteiger partial charge in [-0.1, -0.05) is 22.9 Å². The highest BCUT2D eigenvalue weighted by Crippen LogP contribution is 2.19. The lowest BCUT2D eigenvalue weighted by molar-refractivity contribution is 0.173. The molecule has 1 aliphatic rings. The molecular formula is C14H17N3O2. The standard InChI is InChI=1S/C14H17N3O2/c1-10-3-2-4-11(7-10)14-15-13(16-19-14)9-17-6-5-12(18)8-17/h2-4,7,12,18H,5-6,8-9H2,1H3/t12-/m1/s1. The van der Waals surface area contributed by atoms with Crippen LogP contribution in [-0.2, 0) is 6.54 Å². The third kappa shape index (κ3) is 2.83. The monoisotopic (exact) mass is 259 g/mol. The number of likely N-dealkylation sites (tertiary alicyclic amines) is 1. The summed E-state index contributed by atoms with van der Waals surface area (Å²) >= 11 is 0. The molecule has 0 bridgehead atoms. The fourth-order valence-corrected chi connectivity index (χ4v) is 2.37. The van der Waals surface area contributed by atoms with Gasteiger partial charge in [0, 0.05) is 18.7 Å². The molecular weight excluding hydrogens is 242 g/mol. The van der Waals surface area contributed by atoms with E-state index in [1.807, 2.05) is 31.2 Å². The van der Waals surface area contributed by atoms with Crippen LogP contribution in [0.2, 0.25) is 0 Å². The van der Waals surface area contributed by atoms with Crippen LogP contribution in [0, 0.1) is 6.92 Å². The number of hydrogen-bond acceptors (Lipinski definition) is 5. The van der Waals surface area contributed by atoms with Crippen molar-refractivity contribution in [2.45, 2.75) is 26.0 Å². The Morgan fingerprint density at radius 2 is 2.37 bits per heavy atom. The maximum atomic E-state index is 9.49. The van der Waals surface area contributed by atoms with Crippen molar-refractivity contribution in [2.75, 3.05) is 13.1 Å². The average molecular weight is 259 g/mol. The smallest absolute Gasteiger partial charge is 0.257 e. The quantitative estimate of drug-likeness (QED) is 0.907. The predicted octanol–water partition coefficient (Wildman–Crippen LogP) is 1.61. The molecule has 1 fully saturated rings. The number of aliphatic hydroxyl groups excluding tert-OH is 1. The van der Waals surface area contributed by atoms with Gasteiger partial charge in [-0.15, -0.1) is 0 Å². The molecule has 2 heterocycles. The molecule has 1 N–H and O–H groups in total. The number of benzene rings is 1. The minimum Gasteiger partial charge on any atom is -0.392 e. The molecule has 1 atom stereocenters. The van der Waals surface area contributed by atoms with Crippen LogP contribution in [-0.4, -0.2) is 39.3 Å². The van der Waals surface area contributed by atoms with Crippen molar-refractivity contribution in [3.05, 3.63) is 35.7 Å². The van der Waals surface area contributed by atoms with Crippen LogP contribution in [0.5, 0.6) is 0 Å². The van der Waals surface area contributed by atoms with Crippen LogP contribution in [0.4, 0.5) is 0 Å². The fourth-order valence-electron chi connectivity index (χ4n) is 2.37. The molecule has 3 rings (SSSR count). The van der Waals surface area contributed by atoms with E-state index in [9.17, 15) is 5.11 Å². The van der Waals surface area contributed by atoms with E-state index in [1.54, 1.807) is 0 Å². The Morgan fingerprint density at radius 1 is 1.47 bits per heavy atom. The number of β-amino-alcohol motifs (C(OH)–C–C–N with tert-alkyl or cyclic N) is 1. The second kappa shape index (κ2) is 5.11. The van der Waals surface area contributed by atoms with Crippen LogP contribution >= 0.6 is 0 Å². The SMILES string of the molecule is Cc1cccc(-c2nc(CN3CC[C@@H](O)C3)no2)c1. The number of nitrogens with zero attached hydrogens (tertiary/aromatic N) is 3. The maximum absolute atomic E-state index is 9.49.